The molecule has 2 aliphatic carbocycles. The van der Waals surface area contributed by atoms with Crippen molar-refractivity contribution in [1.82, 2.24) is 9.97 Å². The summed E-state index contributed by atoms with van der Waals surface area (Å²) in [7, 11) is 0. The number of ketones is 2. The number of allylic oxidation sites excluding steroid dienone is 1. The number of benzene rings is 2. The van der Waals surface area contributed by atoms with Gasteiger partial charge in [-0.2, -0.15) is 0 Å². The normalized spacial score (nSPS) is 15.6. The molecule has 0 aliphatic heterocycles. The quantitative estimate of drug-likeness (QED) is 0.147. The number of para-hydroxylation sites is 1. The first-order chi connectivity index (χ1) is 21.2. The van der Waals surface area contributed by atoms with Crippen LogP contribution < -0.4 is 4.90 Å². The molecule has 0 radical (unpaired) electrons. The number of carbonyl (C=O) groups excluding carboxylic acids is 2. The molecular weight excluding hydrogens is 583 g/mol. The molecule has 0 saturated carbocycles. The maximum atomic E-state index is 13.0. The number of carbonyl (C=O) groups is 2. The van der Waals surface area contributed by atoms with Crippen LogP contribution in [0.15, 0.2) is 90.8 Å². The fraction of sp³-hybridized carbons (Fsp3) is 0.135. The highest BCUT2D eigenvalue weighted by molar-refractivity contribution is 7.30. The van der Waals surface area contributed by atoms with E-state index in [4.69, 9.17) is 0 Å². The number of hydrogen-bond acceptors (Lipinski definition) is 7. The molecule has 0 fully saturated rings. The van der Waals surface area contributed by atoms with Crippen molar-refractivity contribution >= 4 is 66.8 Å². The Morgan fingerprint density at radius 3 is 2.27 bits per heavy atom. The molecule has 6 aromatic rings. The highest BCUT2D eigenvalue weighted by atomic mass is 32.1. The maximum Gasteiger partial charge on any atom is 0.199 e. The van der Waals surface area contributed by atoms with Gasteiger partial charge < -0.3 is 4.90 Å². The number of thiophene rings is 2. The van der Waals surface area contributed by atoms with Gasteiger partial charge in [-0.25, -0.2) is 0 Å². The van der Waals surface area contributed by atoms with E-state index in [1.54, 1.807) is 41.0 Å². The van der Waals surface area contributed by atoms with Gasteiger partial charge in [0.05, 0.1) is 15.8 Å². The van der Waals surface area contributed by atoms with Gasteiger partial charge in [-0.15, -0.1) is 22.7 Å². The topological polar surface area (TPSA) is 63.2 Å². The van der Waals surface area contributed by atoms with Crippen LogP contribution in [0.4, 0.5) is 17.1 Å². The van der Waals surface area contributed by atoms with E-state index in [0.29, 0.717) is 11.1 Å². The summed E-state index contributed by atoms with van der Waals surface area (Å²) < 4.78 is 2.40. The second-order valence-corrected chi connectivity index (χ2v) is 14.1. The summed E-state index contributed by atoms with van der Waals surface area (Å²) >= 11 is 3.45. The van der Waals surface area contributed by atoms with E-state index in [1.807, 2.05) is 19.9 Å². The van der Waals surface area contributed by atoms with Crippen LogP contribution in [0.1, 0.15) is 62.0 Å². The number of aryl methyl sites for hydroxylation is 2. The van der Waals surface area contributed by atoms with Crippen LogP contribution in [0.3, 0.4) is 0 Å². The average Bonchev–Trinajstić information content (AvgIpc) is 3.68. The summed E-state index contributed by atoms with van der Waals surface area (Å²) in [5.41, 5.74) is 9.92. The molecule has 0 spiro atoms. The van der Waals surface area contributed by atoms with Crippen LogP contribution in [0, 0.1) is 13.8 Å². The molecule has 0 unspecified atom stereocenters. The number of rotatable bonds is 4. The number of pyridine rings is 2. The number of fused-ring (bicyclic) bond motifs is 6. The molecule has 2 aromatic carbocycles. The SMILES string of the molecule is Cc1cc(N(c2ccccc2)c2ccc3c(c2)C(C)(C)c2c-3sc3cc(/C=C4/C(=O)c5ccncc5C4=O)sc23)cc(C)n1. The van der Waals surface area contributed by atoms with Crippen LogP contribution in [-0.4, -0.2) is 21.5 Å². The van der Waals surface area contributed by atoms with Gasteiger partial charge in [-0.3, -0.25) is 19.6 Å². The fourth-order valence-corrected chi connectivity index (χ4v) is 9.61. The molecule has 4 aromatic heterocycles. The van der Waals surface area contributed by atoms with Gasteiger partial charge >= 0.3 is 0 Å². The summed E-state index contributed by atoms with van der Waals surface area (Å²) in [5, 5.41) is 0. The Morgan fingerprint density at radius 1 is 0.773 bits per heavy atom. The number of nitrogens with zero attached hydrogens (tertiary/aromatic N) is 3. The van der Waals surface area contributed by atoms with Crippen molar-refractivity contribution in [3.05, 3.63) is 129 Å². The van der Waals surface area contributed by atoms with E-state index >= 15 is 0 Å². The molecule has 0 amide bonds. The van der Waals surface area contributed by atoms with E-state index in [0.717, 1.165) is 33.3 Å². The van der Waals surface area contributed by atoms with Crippen LogP contribution in [0.25, 0.3) is 25.9 Å². The minimum atomic E-state index is -0.247. The van der Waals surface area contributed by atoms with E-state index < -0.39 is 0 Å². The lowest BCUT2D eigenvalue weighted by Gasteiger charge is -2.28. The molecule has 44 heavy (non-hydrogen) atoms. The second-order valence-electron chi connectivity index (χ2n) is 11.9. The lowest BCUT2D eigenvalue weighted by molar-refractivity contribution is 0.0990. The minimum Gasteiger partial charge on any atom is -0.310 e. The van der Waals surface area contributed by atoms with Gasteiger partial charge in [0.1, 0.15) is 0 Å². The third-order valence-electron chi connectivity index (χ3n) is 8.61. The number of anilines is 3. The molecule has 2 aliphatic rings. The first-order valence-corrected chi connectivity index (χ1v) is 16.1. The molecule has 7 heteroatoms. The Bertz CT molecular complexity index is 2170. The second kappa shape index (κ2) is 9.64. The van der Waals surface area contributed by atoms with Crippen molar-refractivity contribution in [2.24, 2.45) is 0 Å². The zero-order valence-corrected chi connectivity index (χ0v) is 26.3. The predicted octanol–water partition coefficient (Wildman–Crippen LogP) is 9.61. The summed E-state index contributed by atoms with van der Waals surface area (Å²) in [6.07, 6.45) is 4.80. The Balaban J connectivity index is 1.22. The number of aromatic nitrogens is 2. The molecule has 4 heterocycles. The van der Waals surface area contributed by atoms with E-state index in [1.165, 1.54) is 37.2 Å². The molecule has 0 saturated heterocycles. The zero-order valence-electron chi connectivity index (χ0n) is 24.6. The molecule has 0 N–H and O–H groups in total. The van der Waals surface area contributed by atoms with Gasteiger partial charge in [-0.1, -0.05) is 38.1 Å². The summed E-state index contributed by atoms with van der Waals surface area (Å²) in [6.45, 7) is 8.67. The fourth-order valence-electron chi connectivity index (χ4n) is 6.66. The molecule has 214 valence electrons. The smallest absolute Gasteiger partial charge is 0.199 e. The number of hydrogen-bond donors (Lipinski definition) is 0. The van der Waals surface area contributed by atoms with Crippen LogP contribution in [-0.2, 0) is 5.41 Å². The van der Waals surface area contributed by atoms with E-state index in [-0.39, 0.29) is 22.6 Å². The van der Waals surface area contributed by atoms with E-state index in [2.05, 4.69) is 89.4 Å². The standard InChI is InChI=1S/C37H27N3O2S2/c1-20-14-24(15-21(2)39-20)40(22-8-6-5-7-9-22)23-10-11-27-30(16-23)37(3,4)32-35(27)44-31-18-25(43-36(31)32)17-28-33(41)26-12-13-38-19-29(26)34(28)42/h5-19H,1-4H3/b28-17-. The molecular formula is C37H27N3O2S2. The van der Waals surface area contributed by atoms with Crippen molar-refractivity contribution < 1.29 is 9.59 Å². The van der Waals surface area contributed by atoms with Crippen molar-refractivity contribution in [2.45, 2.75) is 33.1 Å². The first-order valence-electron chi connectivity index (χ1n) is 14.5. The van der Waals surface area contributed by atoms with Gasteiger partial charge in [0.15, 0.2) is 11.6 Å². The first kappa shape index (κ1) is 26.9. The monoisotopic (exact) mass is 609 g/mol. The minimum absolute atomic E-state index is 0.216. The Labute approximate surface area is 263 Å². The summed E-state index contributed by atoms with van der Waals surface area (Å²) in [5.74, 6) is -0.472. The van der Waals surface area contributed by atoms with Crippen molar-refractivity contribution in [1.29, 1.82) is 0 Å². The molecule has 8 rings (SSSR count). The lowest BCUT2D eigenvalue weighted by Crippen LogP contribution is -2.16. The third-order valence-corrected chi connectivity index (χ3v) is 11.0. The van der Waals surface area contributed by atoms with Crippen molar-refractivity contribution in [3.63, 3.8) is 0 Å². The largest absolute Gasteiger partial charge is 0.310 e. The zero-order chi connectivity index (χ0) is 30.3. The van der Waals surface area contributed by atoms with Gasteiger partial charge in [0, 0.05) is 66.3 Å². The van der Waals surface area contributed by atoms with E-state index in [9.17, 15) is 9.59 Å². The highest BCUT2D eigenvalue weighted by Crippen LogP contribution is 2.58. The van der Waals surface area contributed by atoms with Gasteiger partial charge in [-0.05, 0) is 85.1 Å². The van der Waals surface area contributed by atoms with Crippen LogP contribution in [0.5, 0.6) is 0 Å². The van der Waals surface area contributed by atoms with Gasteiger partial charge in [0.25, 0.3) is 0 Å². The van der Waals surface area contributed by atoms with Gasteiger partial charge in [0.2, 0.25) is 0 Å². The molecule has 0 bridgehead atoms. The Morgan fingerprint density at radius 2 is 1.52 bits per heavy atom. The number of Topliss-reactive ketones (excluding diaryl/α,β-unsaturated/α-hetero) is 2. The van der Waals surface area contributed by atoms with Crippen molar-refractivity contribution in [2.75, 3.05) is 4.90 Å². The average molecular weight is 610 g/mol. The third kappa shape index (κ3) is 3.96. The predicted molar refractivity (Wildman–Crippen MR) is 180 cm³/mol. The molecule has 5 nitrogen and oxygen atoms in total. The van der Waals surface area contributed by atoms with Crippen molar-refractivity contribution in [3.8, 4) is 10.4 Å². The summed E-state index contributed by atoms with van der Waals surface area (Å²) in [6, 6.07) is 25.3. The van der Waals surface area contributed by atoms with Crippen LogP contribution in [0.2, 0.25) is 0 Å². The Hall–Kier alpha value is -4.72. The Kier molecular flexibility index (Phi) is 5.89. The summed E-state index contributed by atoms with van der Waals surface area (Å²) in [4.78, 5) is 39.2. The molecule has 0 atom stereocenters. The lowest BCUT2D eigenvalue weighted by atomic mass is 9.82. The highest BCUT2D eigenvalue weighted by Gasteiger charge is 2.40. The van der Waals surface area contributed by atoms with Crippen LogP contribution >= 0.6 is 22.7 Å². The maximum absolute atomic E-state index is 13.0.